The molecule has 2 aromatic carbocycles. The number of para-hydroxylation sites is 1. The van der Waals surface area contributed by atoms with Crippen molar-refractivity contribution in [1.29, 1.82) is 0 Å². The van der Waals surface area contributed by atoms with Crippen LogP contribution in [0.25, 0.3) is 10.2 Å². The molecule has 4 rings (SSSR count). The minimum Gasteiger partial charge on any atom is -0.339 e. The van der Waals surface area contributed by atoms with Crippen LogP contribution >= 0.6 is 34.5 Å². The lowest BCUT2D eigenvalue weighted by molar-refractivity contribution is 0.0713. The molecule has 0 atom stereocenters. The molecule has 1 fully saturated rings. The van der Waals surface area contributed by atoms with Gasteiger partial charge in [-0.05, 0) is 43.2 Å². The topological polar surface area (TPSA) is 33.2 Å². The van der Waals surface area contributed by atoms with Gasteiger partial charge in [-0.1, -0.05) is 35.3 Å². The van der Waals surface area contributed by atoms with Crippen molar-refractivity contribution in [2.75, 3.05) is 13.1 Å². The van der Waals surface area contributed by atoms with Gasteiger partial charge in [0.15, 0.2) is 0 Å². The molecule has 0 N–H and O–H groups in total. The van der Waals surface area contributed by atoms with Gasteiger partial charge < -0.3 is 4.90 Å². The van der Waals surface area contributed by atoms with Gasteiger partial charge in [-0.2, -0.15) is 0 Å². The molecule has 0 spiro atoms. The average Bonchev–Trinajstić information content (AvgIpc) is 3.07. The summed E-state index contributed by atoms with van der Waals surface area (Å²) >= 11 is 13.9. The van der Waals surface area contributed by atoms with Gasteiger partial charge in [0.2, 0.25) is 0 Å². The van der Waals surface area contributed by atoms with Crippen LogP contribution < -0.4 is 0 Å². The van der Waals surface area contributed by atoms with Crippen molar-refractivity contribution in [3.8, 4) is 0 Å². The molecule has 1 saturated heterocycles. The quantitative estimate of drug-likeness (QED) is 0.568. The molecular formula is C19H16Cl2N2OS. The largest absolute Gasteiger partial charge is 0.339 e. The molecule has 128 valence electrons. The van der Waals surface area contributed by atoms with Gasteiger partial charge in [0.05, 0.1) is 25.8 Å². The third-order valence-electron chi connectivity index (χ3n) is 4.60. The fraction of sp³-hybridized carbons (Fsp3) is 0.263. The Morgan fingerprint density at radius 1 is 1.12 bits per heavy atom. The Morgan fingerprint density at radius 3 is 2.64 bits per heavy atom. The number of benzene rings is 2. The molecular weight excluding hydrogens is 375 g/mol. The number of piperidine rings is 1. The summed E-state index contributed by atoms with van der Waals surface area (Å²) in [6, 6.07) is 13.2. The number of rotatable bonds is 2. The van der Waals surface area contributed by atoms with Crippen LogP contribution in [0.1, 0.15) is 34.1 Å². The summed E-state index contributed by atoms with van der Waals surface area (Å²) in [6.07, 6.45) is 1.84. The van der Waals surface area contributed by atoms with Gasteiger partial charge in [-0.25, -0.2) is 4.98 Å². The Hall–Kier alpha value is -1.62. The first-order chi connectivity index (χ1) is 12.1. The summed E-state index contributed by atoms with van der Waals surface area (Å²) < 4.78 is 1.22. The molecule has 2 heterocycles. The Morgan fingerprint density at radius 2 is 1.88 bits per heavy atom. The second kappa shape index (κ2) is 6.94. The van der Waals surface area contributed by atoms with Gasteiger partial charge in [0, 0.05) is 24.0 Å². The first kappa shape index (κ1) is 16.8. The second-order valence-corrected chi connectivity index (χ2v) is 8.12. The van der Waals surface area contributed by atoms with Crippen molar-refractivity contribution in [2.45, 2.75) is 18.8 Å². The molecule has 1 aliphatic heterocycles. The van der Waals surface area contributed by atoms with Crippen LogP contribution in [0.2, 0.25) is 10.0 Å². The lowest BCUT2D eigenvalue weighted by atomic mass is 9.97. The van der Waals surface area contributed by atoms with E-state index in [1.807, 2.05) is 17.0 Å². The highest BCUT2D eigenvalue weighted by atomic mass is 35.5. The number of hydrogen-bond donors (Lipinski definition) is 0. The molecule has 0 unspecified atom stereocenters. The Bertz CT molecular complexity index is 899. The Labute approximate surface area is 160 Å². The van der Waals surface area contributed by atoms with Gasteiger partial charge >= 0.3 is 0 Å². The van der Waals surface area contributed by atoms with Gasteiger partial charge in [-0.15, -0.1) is 11.3 Å². The number of likely N-dealkylation sites (tertiary alicyclic amines) is 1. The van der Waals surface area contributed by atoms with E-state index in [0.717, 1.165) is 18.4 Å². The van der Waals surface area contributed by atoms with E-state index in [1.165, 1.54) is 9.71 Å². The summed E-state index contributed by atoms with van der Waals surface area (Å²) in [5.41, 5.74) is 1.54. The van der Waals surface area contributed by atoms with E-state index in [0.29, 0.717) is 34.6 Å². The smallest absolute Gasteiger partial charge is 0.255 e. The molecule has 1 amide bonds. The first-order valence-electron chi connectivity index (χ1n) is 8.21. The predicted molar refractivity (Wildman–Crippen MR) is 104 cm³/mol. The highest BCUT2D eigenvalue weighted by molar-refractivity contribution is 7.18. The van der Waals surface area contributed by atoms with Crippen LogP contribution in [-0.4, -0.2) is 28.9 Å². The molecule has 1 aromatic heterocycles. The number of hydrogen-bond acceptors (Lipinski definition) is 3. The maximum absolute atomic E-state index is 12.7. The SMILES string of the molecule is O=C(c1cc(Cl)ccc1Cl)N1CCC(c2nc3ccccc3s2)CC1. The molecule has 3 nitrogen and oxygen atoms in total. The molecule has 6 heteroatoms. The molecule has 0 saturated carbocycles. The number of thiazole rings is 1. The van der Waals surface area contributed by atoms with Crippen LogP contribution in [0.4, 0.5) is 0 Å². The van der Waals surface area contributed by atoms with Crippen molar-refractivity contribution < 1.29 is 4.79 Å². The molecule has 0 aliphatic carbocycles. The monoisotopic (exact) mass is 390 g/mol. The number of carbonyl (C=O) groups is 1. The maximum Gasteiger partial charge on any atom is 0.255 e. The van der Waals surface area contributed by atoms with Crippen LogP contribution in [0.5, 0.6) is 0 Å². The lowest BCUT2D eigenvalue weighted by Crippen LogP contribution is -2.38. The van der Waals surface area contributed by atoms with Crippen LogP contribution in [-0.2, 0) is 0 Å². The number of carbonyl (C=O) groups excluding carboxylic acids is 1. The molecule has 0 radical (unpaired) electrons. The third-order valence-corrected chi connectivity index (χ3v) is 6.36. The Balaban J connectivity index is 1.47. The highest BCUT2D eigenvalue weighted by Crippen LogP contribution is 2.34. The van der Waals surface area contributed by atoms with Crippen LogP contribution in [0, 0.1) is 0 Å². The Kier molecular flexibility index (Phi) is 4.67. The molecule has 3 aromatic rings. The van der Waals surface area contributed by atoms with Gasteiger partial charge in [0.25, 0.3) is 5.91 Å². The van der Waals surface area contributed by atoms with Crippen LogP contribution in [0.3, 0.4) is 0 Å². The summed E-state index contributed by atoms with van der Waals surface area (Å²) in [4.78, 5) is 19.4. The van der Waals surface area contributed by atoms with Gasteiger partial charge in [0.1, 0.15) is 0 Å². The summed E-state index contributed by atoms with van der Waals surface area (Å²) in [5, 5.41) is 2.15. The molecule has 0 bridgehead atoms. The predicted octanol–water partition coefficient (Wildman–Crippen LogP) is 5.62. The maximum atomic E-state index is 12.7. The third kappa shape index (κ3) is 3.39. The van der Waals surface area contributed by atoms with E-state index >= 15 is 0 Å². The fourth-order valence-corrected chi connectivity index (χ4v) is 4.73. The van der Waals surface area contributed by atoms with Gasteiger partial charge in [-0.3, -0.25) is 4.79 Å². The lowest BCUT2D eigenvalue weighted by Gasteiger charge is -2.31. The van der Waals surface area contributed by atoms with E-state index in [-0.39, 0.29) is 5.91 Å². The number of halogens is 2. The van der Waals surface area contributed by atoms with E-state index < -0.39 is 0 Å². The fourth-order valence-electron chi connectivity index (χ4n) is 3.23. The first-order valence-corrected chi connectivity index (χ1v) is 9.79. The van der Waals surface area contributed by atoms with E-state index in [1.54, 1.807) is 29.5 Å². The zero-order chi connectivity index (χ0) is 17.4. The zero-order valence-corrected chi connectivity index (χ0v) is 15.7. The zero-order valence-electron chi connectivity index (χ0n) is 13.4. The van der Waals surface area contributed by atoms with Crippen LogP contribution in [0.15, 0.2) is 42.5 Å². The van der Waals surface area contributed by atoms with Crippen molar-refractivity contribution >= 4 is 50.7 Å². The van der Waals surface area contributed by atoms with Crippen molar-refractivity contribution in [3.63, 3.8) is 0 Å². The van der Waals surface area contributed by atoms with Crippen molar-refractivity contribution in [2.24, 2.45) is 0 Å². The highest BCUT2D eigenvalue weighted by Gasteiger charge is 2.27. The number of amides is 1. The number of fused-ring (bicyclic) bond motifs is 1. The second-order valence-electron chi connectivity index (χ2n) is 6.21. The van der Waals surface area contributed by atoms with E-state index in [2.05, 4.69) is 12.1 Å². The summed E-state index contributed by atoms with van der Waals surface area (Å²) in [6.45, 7) is 1.42. The van der Waals surface area contributed by atoms with E-state index in [9.17, 15) is 4.79 Å². The average molecular weight is 391 g/mol. The normalized spacial score (nSPS) is 15.7. The minimum absolute atomic E-state index is 0.0461. The summed E-state index contributed by atoms with van der Waals surface area (Å²) in [5.74, 6) is 0.367. The number of nitrogens with zero attached hydrogens (tertiary/aromatic N) is 2. The van der Waals surface area contributed by atoms with Crippen molar-refractivity contribution in [1.82, 2.24) is 9.88 Å². The minimum atomic E-state index is -0.0461. The van der Waals surface area contributed by atoms with Crippen molar-refractivity contribution in [3.05, 3.63) is 63.1 Å². The van der Waals surface area contributed by atoms with E-state index in [4.69, 9.17) is 28.2 Å². The molecule has 25 heavy (non-hydrogen) atoms. The standard InChI is InChI=1S/C19H16Cl2N2OS/c20-13-5-6-15(21)14(11-13)19(24)23-9-7-12(8-10-23)18-22-16-3-1-2-4-17(16)25-18/h1-6,11-12H,7-10H2. The number of aromatic nitrogens is 1. The summed E-state index contributed by atoms with van der Waals surface area (Å²) in [7, 11) is 0. The molecule has 1 aliphatic rings.